The molecule has 1 heterocycles. The smallest absolute Gasteiger partial charge is 0.321 e. The largest absolute Gasteiger partial charge is 0.480 e. The van der Waals surface area contributed by atoms with Crippen molar-refractivity contribution in [3.63, 3.8) is 0 Å². The van der Waals surface area contributed by atoms with Gasteiger partial charge in [0.2, 0.25) is 15.9 Å². The standard InChI is InChI=1S/C22H27N3O5S/c26-21(15-20(22(27)28)25-13-5-2-6-14-25)24-18-9-11-19(12-10-18)31(29,30)23-16-17-7-3-1-4-8-17/h1,3-4,7-12,20,23H,2,5-6,13-16H2,(H,24,26)(H,27,28). The van der Waals surface area contributed by atoms with Crippen molar-refractivity contribution in [3.05, 3.63) is 60.2 Å². The zero-order valence-electron chi connectivity index (χ0n) is 17.2. The highest BCUT2D eigenvalue weighted by molar-refractivity contribution is 7.89. The van der Waals surface area contributed by atoms with Gasteiger partial charge in [-0.2, -0.15) is 0 Å². The summed E-state index contributed by atoms with van der Waals surface area (Å²) in [6.45, 7) is 1.52. The van der Waals surface area contributed by atoms with E-state index in [9.17, 15) is 23.1 Å². The molecule has 0 spiro atoms. The highest BCUT2D eigenvalue weighted by Gasteiger charge is 2.29. The number of aliphatic carboxylic acids is 1. The number of hydrogen-bond donors (Lipinski definition) is 3. The van der Waals surface area contributed by atoms with Crippen LogP contribution in [0.1, 0.15) is 31.2 Å². The van der Waals surface area contributed by atoms with Crippen molar-refractivity contribution in [2.45, 2.75) is 43.2 Å². The van der Waals surface area contributed by atoms with Gasteiger partial charge in [-0.1, -0.05) is 36.8 Å². The number of carboxylic acid groups (broad SMARTS) is 1. The zero-order chi connectivity index (χ0) is 22.3. The van der Waals surface area contributed by atoms with Crippen LogP contribution in [-0.4, -0.2) is 49.4 Å². The van der Waals surface area contributed by atoms with E-state index in [0.29, 0.717) is 18.8 Å². The molecule has 166 valence electrons. The molecule has 9 heteroatoms. The molecule has 1 atom stereocenters. The molecule has 1 fully saturated rings. The highest BCUT2D eigenvalue weighted by atomic mass is 32.2. The van der Waals surface area contributed by atoms with Gasteiger partial charge in [0.05, 0.1) is 11.3 Å². The lowest BCUT2D eigenvalue weighted by atomic mass is 10.1. The van der Waals surface area contributed by atoms with Crippen LogP contribution in [0.5, 0.6) is 0 Å². The molecule has 0 aromatic heterocycles. The van der Waals surface area contributed by atoms with E-state index in [1.165, 1.54) is 24.3 Å². The molecule has 8 nitrogen and oxygen atoms in total. The quantitative estimate of drug-likeness (QED) is 0.546. The Morgan fingerprint density at radius 3 is 2.23 bits per heavy atom. The average molecular weight is 446 g/mol. The van der Waals surface area contributed by atoms with Gasteiger partial charge >= 0.3 is 5.97 Å². The number of carbonyl (C=O) groups excluding carboxylic acids is 1. The highest BCUT2D eigenvalue weighted by Crippen LogP contribution is 2.17. The first-order chi connectivity index (χ1) is 14.8. The Labute approximate surface area is 182 Å². The lowest BCUT2D eigenvalue weighted by Crippen LogP contribution is -2.45. The first-order valence-corrected chi connectivity index (χ1v) is 11.7. The molecule has 1 aliphatic heterocycles. The van der Waals surface area contributed by atoms with Crippen LogP contribution >= 0.6 is 0 Å². The van der Waals surface area contributed by atoms with Gasteiger partial charge in [0.1, 0.15) is 6.04 Å². The number of sulfonamides is 1. The van der Waals surface area contributed by atoms with E-state index in [4.69, 9.17) is 0 Å². The fourth-order valence-corrected chi connectivity index (χ4v) is 4.58. The number of piperidine rings is 1. The Kier molecular flexibility index (Phi) is 7.78. The van der Waals surface area contributed by atoms with E-state index in [0.717, 1.165) is 24.8 Å². The summed E-state index contributed by atoms with van der Waals surface area (Å²) in [5, 5.41) is 12.2. The van der Waals surface area contributed by atoms with E-state index in [-0.39, 0.29) is 17.9 Å². The number of nitrogens with zero attached hydrogens (tertiary/aromatic N) is 1. The van der Waals surface area contributed by atoms with Crippen molar-refractivity contribution in [1.82, 2.24) is 9.62 Å². The number of hydrogen-bond acceptors (Lipinski definition) is 5. The number of carbonyl (C=O) groups is 2. The monoisotopic (exact) mass is 445 g/mol. The Bertz CT molecular complexity index is 988. The predicted molar refractivity (Wildman–Crippen MR) is 117 cm³/mol. The van der Waals surface area contributed by atoms with Crippen LogP contribution in [0.15, 0.2) is 59.5 Å². The molecule has 0 aliphatic carbocycles. The maximum absolute atomic E-state index is 12.5. The van der Waals surface area contributed by atoms with E-state index < -0.39 is 27.9 Å². The molecule has 0 saturated carbocycles. The summed E-state index contributed by atoms with van der Waals surface area (Å²) >= 11 is 0. The lowest BCUT2D eigenvalue weighted by Gasteiger charge is -2.31. The summed E-state index contributed by atoms with van der Waals surface area (Å²) in [7, 11) is -3.70. The van der Waals surface area contributed by atoms with Crippen molar-refractivity contribution < 1.29 is 23.1 Å². The second kappa shape index (κ2) is 10.5. The maximum atomic E-state index is 12.5. The lowest BCUT2D eigenvalue weighted by molar-refractivity contribution is -0.145. The van der Waals surface area contributed by atoms with Crippen LogP contribution in [0.3, 0.4) is 0 Å². The van der Waals surface area contributed by atoms with Gasteiger partial charge < -0.3 is 10.4 Å². The molecule has 1 aliphatic rings. The van der Waals surface area contributed by atoms with Crippen LogP contribution < -0.4 is 10.0 Å². The van der Waals surface area contributed by atoms with Crippen LogP contribution in [0, 0.1) is 0 Å². The Hall–Kier alpha value is -2.75. The molecule has 31 heavy (non-hydrogen) atoms. The summed E-state index contributed by atoms with van der Waals surface area (Å²) < 4.78 is 27.5. The number of benzene rings is 2. The number of nitrogens with one attached hydrogen (secondary N) is 2. The van der Waals surface area contributed by atoms with Gasteiger partial charge in [-0.3, -0.25) is 14.5 Å². The van der Waals surface area contributed by atoms with Crippen molar-refractivity contribution in [2.24, 2.45) is 0 Å². The zero-order valence-corrected chi connectivity index (χ0v) is 18.0. The normalized spacial score (nSPS) is 15.9. The third-order valence-electron chi connectivity index (χ3n) is 5.25. The maximum Gasteiger partial charge on any atom is 0.321 e. The molecule has 0 bridgehead atoms. The summed E-state index contributed by atoms with van der Waals surface area (Å²) in [5.74, 6) is -1.43. The van der Waals surface area contributed by atoms with E-state index >= 15 is 0 Å². The van der Waals surface area contributed by atoms with Gasteiger partial charge in [-0.15, -0.1) is 0 Å². The topological polar surface area (TPSA) is 116 Å². The molecule has 3 N–H and O–H groups in total. The van der Waals surface area contributed by atoms with Gasteiger partial charge in [-0.25, -0.2) is 13.1 Å². The number of likely N-dealkylation sites (tertiary alicyclic amines) is 1. The second-order valence-corrected chi connectivity index (χ2v) is 9.30. The molecular weight excluding hydrogens is 418 g/mol. The summed E-state index contributed by atoms with van der Waals surface area (Å²) in [4.78, 5) is 25.9. The summed E-state index contributed by atoms with van der Waals surface area (Å²) in [5.41, 5.74) is 1.26. The molecule has 1 unspecified atom stereocenters. The van der Waals surface area contributed by atoms with Crippen molar-refractivity contribution in [3.8, 4) is 0 Å². The van der Waals surface area contributed by atoms with Crippen LogP contribution in [0.4, 0.5) is 5.69 Å². The third-order valence-corrected chi connectivity index (χ3v) is 6.67. The SMILES string of the molecule is O=C(CC(C(=O)O)N1CCCCC1)Nc1ccc(S(=O)(=O)NCc2ccccc2)cc1. The first-order valence-electron chi connectivity index (χ1n) is 10.3. The molecule has 1 saturated heterocycles. The third kappa shape index (κ3) is 6.61. The Balaban J connectivity index is 1.57. The number of carboxylic acids is 1. The van der Waals surface area contributed by atoms with E-state index in [1.807, 2.05) is 35.2 Å². The van der Waals surface area contributed by atoms with E-state index in [1.54, 1.807) is 0 Å². The van der Waals surface area contributed by atoms with Gasteiger partial charge in [0.15, 0.2) is 0 Å². The number of rotatable bonds is 9. The molecule has 1 amide bonds. The minimum Gasteiger partial charge on any atom is -0.480 e. The first kappa shape index (κ1) is 22.9. The second-order valence-electron chi connectivity index (χ2n) is 7.54. The van der Waals surface area contributed by atoms with Crippen LogP contribution in [0.25, 0.3) is 0 Å². The fraction of sp³-hybridized carbons (Fsp3) is 0.364. The van der Waals surface area contributed by atoms with Gasteiger partial charge in [-0.05, 0) is 55.8 Å². The van der Waals surface area contributed by atoms with Crippen molar-refractivity contribution in [1.29, 1.82) is 0 Å². The minimum absolute atomic E-state index is 0.0816. The summed E-state index contributed by atoms with van der Waals surface area (Å²) in [6, 6.07) is 14.1. The predicted octanol–water partition coefficient (Wildman–Crippen LogP) is 2.43. The van der Waals surface area contributed by atoms with Crippen molar-refractivity contribution in [2.75, 3.05) is 18.4 Å². The number of amides is 1. The Morgan fingerprint density at radius 1 is 0.968 bits per heavy atom. The number of anilines is 1. The van der Waals surface area contributed by atoms with Crippen molar-refractivity contribution >= 4 is 27.6 Å². The summed E-state index contributed by atoms with van der Waals surface area (Å²) in [6.07, 6.45) is 2.78. The molecular formula is C22H27N3O5S. The molecule has 3 rings (SSSR count). The average Bonchev–Trinajstić information content (AvgIpc) is 2.78. The fourth-order valence-electron chi connectivity index (χ4n) is 3.57. The van der Waals surface area contributed by atoms with Crippen LogP contribution in [-0.2, 0) is 26.2 Å². The molecule has 2 aromatic carbocycles. The molecule has 2 aromatic rings. The van der Waals surface area contributed by atoms with Gasteiger partial charge in [0.25, 0.3) is 0 Å². The molecule has 0 radical (unpaired) electrons. The minimum atomic E-state index is -3.70. The van der Waals surface area contributed by atoms with Crippen LogP contribution in [0.2, 0.25) is 0 Å². The Morgan fingerprint density at radius 2 is 1.61 bits per heavy atom. The van der Waals surface area contributed by atoms with E-state index in [2.05, 4.69) is 10.0 Å². The van der Waals surface area contributed by atoms with Gasteiger partial charge in [0, 0.05) is 12.2 Å².